The lowest BCUT2D eigenvalue weighted by Crippen LogP contribution is -2.26. The molecule has 0 fully saturated rings. The van der Waals surface area contributed by atoms with Crippen LogP contribution in [0.4, 0.5) is 0 Å². The minimum atomic E-state index is 0.0479. The van der Waals surface area contributed by atoms with E-state index in [-0.39, 0.29) is 5.91 Å². The van der Waals surface area contributed by atoms with Gasteiger partial charge in [0, 0.05) is 12.7 Å². The Bertz CT molecular complexity index is 557. The van der Waals surface area contributed by atoms with Crippen molar-refractivity contribution >= 4 is 15.1 Å². The topological polar surface area (TPSA) is 38.3 Å². The number of ether oxygens (including phenoxy) is 1. The van der Waals surface area contributed by atoms with Gasteiger partial charge in [0.05, 0.1) is 0 Å². The lowest BCUT2D eigenvalue weighted by molar-refractivity contribution is -0.118. The van der Waals surface area contributed by atoms with Crippen molar-refractivity contribution in [3.8, 4) is 11.5 Å². The van der Waals surface area contributed by atoms with Gasteiger partial charge in [-0.2, -0.15) is 0 Å². The molecule has 0 heterocycles. The monoisotopic (exact) mass is 287 g/mol. The molecule has 0 radical (unpaired) electrons. The Kier molecular flexibility index (Phi) is 5.57. The molecule has 2 aromatic rings. The summed E-state index contributed by atoms with van der Waals surface area (Å²) in [5.41, 5.74) is 1.14. The summed E-state index contributed by atoms with van der Waals surface area (Å²) in [6.45, 7) is 0.641. The fourth-order valence-electron chi connectivity index (χ4n) is 1.81. The van der Waals surface area contributed by atoms with Crippen LogP contribution in [0.15, 0.2) is 54.6 Å². The van der Waals surface area contributed by atoms with Gasteiger partial charge in [-0.25, -0.2) is 0 Å². The molecule has 20 heavy (non-hydrogen) atoms. The van der Waals surface area contributed by atoms with Gasteiger partial charge in [0.25, 0.3) is 0 Å². The highest BCUT2D eigenvalue weighted by molar-refractivity contribution is 7.18. The Morgan fingerprint density at radius 3 is 2.55 bits per heavy atom. The number of hydrogen-bond acceptors (Lipinski definition) is 2. The standard InChI is InChI=1S/C16H18NO2P/c18-16(12-20)17-10-9-13-5-4-8-15(11-13)19-14-6-2-1-3-7-14/h1-8,11H,9-10,12,20H2,(H,17,18). The van der Waals surface area contributed by atoms with E-state index in [4.69, 9.17) is 4.74 Å². The molecule has 2 aromatic carbocycles. The molecular weight excluding hydrogens is 269 g/mol. The predicted molar refractivity (Wildman–Crippen MR) is 84.2 cm³/mol. The second kappa shape index (κ2) is 7.66. The minimum Gasteiger partial charge on any atom is -0.457 e. The Labute approximate surface area is 121 Å². The minimum absolute atomic E-state index is 0.0479. The third-order valence-electron chi connectivity index (χ3n) is 2.80. The van der Waals surface area contributed by atoms with Crippen LogP contribution in [0.3, 0.4) is 0 Å². The maximum atomic E-state index is 11.2. The molecule has 0 bridgehead atoms. The van der Waals surface area contributed by atoms with Crippen molar-refractivity contribution in [3.05, 3.63) is 60.2 Å². The average molecular weight is 287 g/mol. The highest BCUT2D eigenvalue weighted by Gasteiger charge is 2.00. The summed E-state index contributed by atoms with van der Waals surface area (Å²) in [4.78, 5) is 11.2. The number of amides is 1. The SMILES string of the molecule is O=C(CP)NCCc1cccc(Oc2ccccc2)c1. The van der Waals surface area contributed by atoms with Crippen LogP contribution in [0.2, 0.25) is 0 Å². The van der Waals surface area contributed by atoms with Crippen molar-refractivity contribution in [3.63, 3.8) is 0 Å². The highest BCUT2D eigenvalue weighted by atomic mass is 31.0. The van der Waals surface area contributed by atoms with Crippen molar-refractivity contribution in [1.82, 2.24) is 5.32 Å². The van der Waals surface area contributed by atoms with Crippen molar-refractivity contribution in [1.29, 1.82) is 0 Å². The third kappa shape index (κ3) is 4.67. The highest BCUT2D eigenvalue weighted by Crippen LogP contribution is 2.21. The first-order valence-corrected chi connectivity index (χ1v) is 7.38. The van der Waals surface area contributed by atoms with Gasteiger partial charge in [0.15, 0.2) is 0 Å². The van der Waals surface area contributed by atoms with E-state index in [1.165, 1.54) is 0 Å². The molecule has 1 amide bonds. The second-order valence-electron chi connectivity index (χ2n) is 4.37. The van der Waals surface area contributed by atoms with Gasteiger partial charge in [0.1, 0.15) is 11.5 Å². The molecule has 1 unspecified atom stereocenters. The fourth-order valence-corrected chi connectivity index (χ4v) is 1.95. The summed E-state index contributed by atoms with van der Waals surface area (Å²) in [6.07, 6.45) is 1.24. The molecule has 3 nitrogen and oxygen atoms in total. The van der Waals surface area contributed by atoms with Crippen LogP contribution in [0.25, 0.3) is 0 Å². The van der Waals surface area contributed by atoms with E-state index in [9.17, 15) is 4.79 Å². The van der Waals surface area contributed by atoms with Crippen LogP contribution in [-0.4, -0.2) is 18.6 Å². The van der Waals surface area contributed by atoms with Crippen molar-refractivity contribution in [2.24, 2.45) is 0 Å². The molecule has 1 atom stereocenters. The van der Waals surface area contributed by atoms with Crippen LogP contribution in [0.1, 0.15) is 5.56 Å². The number of benzene rings is 2. The van der Waals surface area contributed by atoms with Crippen molar-refractivity contribution in [2.45, 2.75) is 6.42 Å². The van der Waals surface area contributed by atoms with Gasteiger partial charge in [-0.15, -0.1) is 9.24 Å². The fraction of sp³-hybridized carbons (Fsp3) is 0.188. The zero-order valence-corrected chi connectivity index (χ0v) is 12.4. The number of hydrogen-bond donors (Lipinski definition) is 1. The van der Waals surface area contributed by atoms with Crippen LogP contribution in [0, 0.1) is 0 Å². The van der Waals surface area contributed by atoms with Gasteiger partial charge < -0.3 is 10.1 Å². The second-order valence-corrected chi connectivity index (χ2v) is 4.77. The molecule has 4 heteroatoms. The van der Waals surface area contributed by atoms with E-state index >= 15 is 0 Å². The molecule has 0 aliphatic heterocycles. The molecule has 0 aliphatic rings. The van der Waals surface area contributed by atoms with Gasteiger partial charge in [-0.05, 0) is 36.2 Å². The Hall–Kier alpha value is -1.86. The lowest BCUT2D eigenvalue weighted by Gasteiger charge is -2.08. The van der Waals surface area contributed by atoms with Crippen molar-refractivity contribution < 1.29 is 9.53 Å². The summed E-state index contributed by atoms with van der Waals surface area (Å²) in [6, 6.07) is 17.6. The molecule has 0 saturated carbocycles. The maximum absolute atomic E-state index is 11.2. The smallest absolute Gasteiger partial charge is 0.223 e. The molecule has 1 N–H and O–H groups in total. The number of carbonyl (C=O) groups excluding carboxylic acids is 1. The first-order chi connectivity index (χ1) is 9.78. The zero-order valence-electron chi connectivity index (χ0n) is 11.2. The summed E-state index contributed by atoms with van der Waals surface area (Å²) in [5.74, 6) is 1.68. The van der Waals surface area contributed by atoms with E-state index in [1.807, 2.05) is 54.6 Å². The Balaban J connectivity index is 1.92. The number of nitrogens with one attached hydrogen (secondary N) is 1. The number of para-hydroxylation sites is 1. The largest absolute Gasteiger partial charge is 0.457 e. The first-order valence-electron chi connectivity index (χ1n) is 6.56. The Morgan fingerprint density at radius 2 is 1.80 bits per heavy atom. The quantitative estimate of drug-likeness (QED) is 0.829. The summed E-state index contributed by atoms with van der Waals surface area (Å²) >= 11 is 0. The zero-order chi connectivity index (χ0) is 14.2. The lowest BCUT2D eigenvalue weighted by atomic mass is 10.1. The predicted octanol–water partition coefficient (Wildman–Crippen LogP) is 3.01. The van der Waals surface area contributed by atoms with Crippen LogP contribution >= 0.6 is 9.24 Å². The third-order valence-corrected chi connectivity index (χ3v) is 3.17. The van der Waals surface area contributed by atoms with E-state index < -0.39 is 0 Å². The summed E-state index contributed by atoms with van der Waals surface area (Å²) < 4.78 is 5.78. The average Bonchev–Trinajstić information content (AvgIpc) is 2.48. The van der Waals surface area contributed by atoms with Crippen molar-refractivity contribution in [2.75, 3.05) is 12.7 Å². The molecular formula is C16H18NO2P. The molecule has 2 rings (SSSR count). The molecule has 0 aromatic heterocycles. The van der Waals surface area contributed by atoms with Crippen LogP contribution < -0.4 is 10.1 Å². The van der Waals surface area contributed by atoms with Crippen LogP contribution in [0.5, 0.6) is 11.5 Å². The normalized spacial score (nSPS) is 10.1. The van der Waals surface area contributed by atoms with Gasteiger partial charge in [0.2, 0.25) is 5.91 Å². The van der Waals surface area contributed by atoms with Crippen LogP contribution in [-0.2, 0) is 11.2 Å². The first kappa shape index (κ1) is 14.5. The maximum Gasteiger partial charge on any atom is 0.223 e. The number of carbonyl (C=O) groups is 1. The van der Waals surface area contributed by atoms with E-state index in [2.05, 4.69) is 14.6 Å². The van der Waals surface area contributed by atoms with E-state index in [0.717, 1.165) is 23.5 Å². The summed E-state index contributed by atoms with van der Waals surface area (Å²) in [5, 5.41) is 2.85. The van der Waals surface area contributed by atoms with Gasteiger partial charge >= 0.3 is 0 Å². The molecule has 0 aliphatic carbocycles. The van der Waals surface area contributed by atoms with Gasteiger partial charge in [-0.1, -0.05) is 30.3 Å². The molecule has 0 saturated heterocycles. The molecule has 0 spiro atoms. The number of rotatable bonds is 6. The van der Waals surface area contributed by atoms with E-state index in [0.29, 0.717) is 12.7 Å². The van der Waals surface area contributed by atoms with E-state index in [1.54, 1.807) is 0 Å². The molecule has 104 valence electrons. The van der Waals surface area contributed by atoms with Gasteiger partial charge in [-0.3, -0.25) is 4.79 Å². The summed E-state index contributed by atoms with van der Waals surface area (Å²) in [7, 11) is 2.41. The Morgan fingerprint density at radius 1 is 1.05 bits per heavy atom.